The molecule has 33 heavy (non-hydrogen) atoms. The molecular weight excluding hydrogens is 438 g/mol. The van der Waals surface area contributed by atoms with Gasteiger partial charge in [-0.3, -0.25) is 9.59 Å². The summed E-state index contributed by atoms with van der Waals surface area (Å²) in [5.41, 5.74) is 2.43. The molecule has 1 N–H and O–H groups in total. The Morgan fingerprint density at radius 1 is 1.33 bits per heavy atom. The smallest absolute Gasteiger partial charge is 0.242 e. The number of carbonyl (C=O) groups excluding carboxylic acids is 2. The van der Waals surface area contributed by atoms with Crippen molar-refractivity contribution in [2.75, 3.05) is 18.5 Å². The number of nitrogens with one attached hydrogen (secondary N) is 1. The lowest BCUT2D eigenvalue weighted by Crippen LogP contribution is -2.37. The summed E-state index contributed by atoms with van der Waals surface area (Å²) in [6, 6.07) is 9.94. The molecule has 170 valence electrons. The van der Waals surface area contributed by atoms with E-state index in [0.29, 0.717) is 43.1 Å². The van der Waals surface area contributed by atoms with Crippen LogP contribution in [0, 0.1) is 11.3 Å². The van der Waals surface area contributed by atoms with E-state index in [9.17, 15) is 14.9 Å². The molecule has 2 aromatic heterocycles. The quantitative estimate of drug-likeness (QED) is 0.552. The number of aryl methyl sites for hydroxylation is 1. The lowest BCUT2D eigenvalue weighted by molar-refractivity contribution is -0.132. The topological polar surface area (TPSA) is 100 Å². The number of imidazole rings is 1. The highest BCUT2D eigenvalue weighted by atomic mass is 32.1. The average Bonchev–Trinajstić information content (AvgIpc) is 3.45. The molecule has 0 atom stereocenters. The van der Waals surface area contributed by atoms with Crippen molar-refractivity contribution in [1.82, 2.24) is 14.5 Å². The van der Waals surface area contributed by atoms with E-state index in [-0.39, 0.29) is 24.8 Å². The molecule has 1 aliphatic rings. The van der Waals surface area contributed by atoms with Crippen molar-refractivity contribution in [2.24, 2.45) is 0 Å². The van der Waals surface area contributed by atoms with Crippen LogP contribution < -0.4 is 10.1 Å². The molecule has 0 saturated carbocycles. The van der Waals surface area contributed by atoms with E-state index >= 15 is 0 Å². The Labute approximate surface area is 196 Å². The van der Waals surface area contributed by atoms with Crippen LogP contribution in [-0.4, -0.2) is 39.4 Å². The van der Waals surface area contributed by atoms with Crippen molar-refractivity contribution >= 4 is 28.2 Å². The molecule has 8 nitrogen and oxygen atoms in total. The van der Waals surface area contributed by atoms with Crippen molar-refractivity contribution < 1.29 is 14.3 Å². The van der Waals surface area contributed by atoms with Crippen LogP contribution in [-0.2, 0) is 35.5 Å². The number of para-hydroxylation sites is 1. The number of ether oxygens (including phenoxy) is 1. The molecule has 1 aliphatic heterocycles. The van der Waals surface area contributed by atoms with Gasteiger partial charge in [-0.25, -0.2) is 4.98 Å². The first kappa shape index (κ1) is 22.6. The molecule has 3 heterocycles. The third-order valence-electron chi connectivity index (χ3n) is 5.55. The fourth-order valence-electron chi connectivity index (χ4n) is 3.90. The number of nitrogens with zero attached hydrogens (tertiary/aromatic N) is 4. The van der Waals surface area contributed by atoms with E-state index in [4.69, 9.17) is 4.74 Å². The van der Waals surface area contributed by atoms with Crippen LogP contribution in [0.25, 0.3) is 0 Å². The van der Waals surface area contributed by atoms with E-state index in [1.165, 1.54) is 11.3 Å². The van der Waals surface area contributed by atoms with Crippen molar-refractivity contribution in [3.63, 3.8) is 0 Å². The van der Waals surface area contributed by atoms with Crippen LogP contribution in [0.5, 0.6) is 5.75 Å². The highest BCUT2D eigenvalue weighted by Crippen LogP contribution is 2.37. The zero-order chi connectivity index (χ0) is 23.2. The van der Waals surface area contributed by atoms with E-state index in [1.807, 2.05) is 31.2 Å². The molecule has 0 aliphatic carbocycles. The van der Waals surface area contributed by atoms with E-state index in [1.54, 1.807) is 28.2 Å². The van der Waals surface area contributed by atoms with Gasteiger partial charge in [0.15, 0.2) is 0 Å². The molecule has 0 radical (unpaired) electrons. The second-order valence-corrected chi connectivity index (χ2v) is 8.81. The van der Waals surface area contributed by atoms with Gasteiger partial charge in [0.25, 0.3) is 0 Å². The van der Waals surface area contributed by atoms with Crippen LogP contribution in [0.2, 0.25) is 0 Å². The van der Waals surface area contributed by atoms with Crippen LogP contribution in [0.15, 0.2) is 43.0 Å². The minimum Gasteiger partial charge on any atom is -0.494 e. The van der Waals surface area contributed by atoms with Gasteiger partial charge < -0.3 is 19.5 Å². The summed E-state index contributed by atoms with van der Waals surface area (Å²) in [6.07, 6.45) is 6.45. The number of nitriles is 1. The Morgan fingerprint density at radius 3 is 2.94 bits per heavy atom. The first-order valence-electron chi connectivity index (χ1n) is 10.9. The second kappa shape index (κ2) is 10.3. The number of hydrogen-bond donors (Lipinski definition) is 1. The van der Waals surface area contributed by atoms with Gasteiger partial charge in [0.2, 0.25) is 11.8 Å². The van der Waals surface area contributed by atoms with Gasteiger partial charge in [-0.05, 0) is 37.0 Å². The van der Waals surface area contributed by atoms with Crippen LogP contribution in [0.4, 0.5) is 5.00 Å². The van der Waals surface area contributed by atoms with Crippen LogP contribution >= 0.6 is 11.3 Å². The van der Waals surface area contributed by atoms with Crippen molar-refractivity contribution in [3.05, 3.63) is 64.6 Å². The van der Waals surface area contributed by atoms with Crippen LogP contribution in [0.1, 0.15) is 34.9 Å². The van der Waals surface area contributed by atoms with Crippen molar-refractivity contribution in [3.8, 4) is 11.8 Å². The number of anilines is 1. The van der Waals surface area contributed by atoms with Crippen LogP contribution in [0.3, 0.4) is 0 Å². The third kappa shape index (κ3) is 5.23. The van der Waals surface area contributed by atoms with Gasteiger partial charge in [-0.1, -0.05) is 18.2 Å². The molecule has 0 saturated heterocycles. The second-order valence-electron chi connectivity index (χ2n) is 7.71. The Morgan fingerprint density at radius 2 is 2.18 bits per heavy atom. The minimum atomic E-state index is -0.149. The Balaban J connectivity index is 1.40. The zero-order valence-electron chi connectivity index (χ0n) is 18.4. The first-order valence-corrected chi connectivity index (χ1v) is 11.7. The fourth-order valence-corrected chi connectivity index (χ4v) is 5.13. The summed E-state index contributed by atoms with van der Waals surface area (Å²) in [6.45, 7) is 3.72. The van der Waals surface area contributed by atoms with Gasteiger partial charge in [-0.2, -0.15) is 5.26 Å². The highest BCUT2D eigenvalue weighted by molar-refractivity contribution is 7.16. The van der Waals surface area contributed by atoms with E-state index in [0.717, 1.165) is 21.8 Å². The third-order valence-corrected chi connectivity index (χ3v) is 6.68. The predicted octanol–water partition coefficient (Wildman–Crippen LogP) is 3.37. The molecule has 9 heteroatoms. The zero-order valence-corrected chi connectivity index (χ0v) is 19.2. The number of amides is 2. The maximum atomic E-state index is 12.7. The van der Waals surface area contributed by atoms with Gasteiger partial charge >= 0.3 is 0 Å². The molecule has 3 aromatic rings. The number of benzene rings is 1. The van der Waals surface area contributed by atoms with E-state index < -0.39 is 0 Å². The number of carbonyl (C=O) groups is 2. The molecule has 1 aromatic carbocycles. The molecular formula is C24H25N5O3S. The standard InChI is InChI=1S/C24H25N5O3S/c1-2-32-20-6-4-3-5-17(20)7-8-22(30)27-24-19(13-25)18-9-11-29(14-21(18)33-24)23(31)15-28-12-10-26-16-28/h3-6,10,12,16H,2,7-9,11,14-15H2,1H3,(H,27,30). The number of fused-ring (bicyclic) bond motifs is 1. The normalized spacial score (nSPS) is 12.7. The van der Waals surface area contributed by atoms with Crippen molar-refractivity contribution in [1.29, 1.82) is 5.26 Å². The molecule has 0 fully saturated rings. The monoisotopic (exact) mass is 463 g/mol. The lowest BCUT2D eigenvalue weighted by atomic mass is 10.0. The molecule has 0 unspecified atom stereocenters. The van der Waals surface area contributed by atoms with Gasteiger partial charge in [0, 0.05) is 30.2 Å². The number of hydrogen-bond acceptors (Lipinski definition) is 6. The molecule has 0 spiro atoms. The Bertz CT molecular complexity index is 1180. The Kier molecular flexibility index (Phi) is 7.05. The highest BCUT2D eigenvalue weighted by Gasteiger charge is 2.27. The predicted molar refractivity (Wildman–Crippen MR) is 125 cm³/mol. The summed E-state index contributed by atoms with van der Waals surface area (Å²) in [5.74, 6) is 0.645. The largest absolute Gasteiger partial charge is 0.494 e. The lowest BCUT2D eigenvalue weighted by Gasteiger charge is -2.27. The van der Waals surface area contributed by atoms with Crippen molar-refractivity contribution in [2.45, 2.75) is 39.3 Å². The first-order chi connectivity index (χ1) is 16.1. The molecule has 0 bridgehead atoms. The number of thiophene rings is 1. The molecule has 4 rings (SSSR count). The maximum Gasteiger partial charge on any atom is 0.242 e. The minimum absolute atomic E-state index is 0.00380. The van der Waals surface area contributed by atoms with Gasteiger partial charge in [-0.15, -0.1) is 11.3 Å². The maximum absolute atomic E-state index is 12.7. The summed E-state index contributed by atoms with van der Waals surface area (Å²) in [7, 11) is 0. The molecule has 2 amide bonds. The SMILES string of the molecule is CCOc1ccccc1CCC(=O)Nc1sc2c(c1C#N)CCN(C(=O)Cn1ccnc1)C2. The average molecular weight is 464 g/mol. The summed E-state index contributed by atoms with van der Waals surface area (Å²) >= 11 is 1.38. The Hall–Kier alpha value is -3.64. The van der Waals surface area contributed by atoms with E-state index in [2.05, 4.69) is 16.4 Å². The number of aromatic nitrogens is 2. The summed E-state index contributed by atoms with van der Waals surface area (Å²) in [4.78, 5) is 32.0. The number of rotatable bonds is 8. The van der Waals surface area contributed by atoms with Gasteiger partial charge in [0.05, 0.1) is 25.0 Å². The summed E-state index contributed by atoms with van der Waals surface area (Å²) in [5, 5.41) is 13.2. The van der Waals surface area contributed by atoms with Gasteiger partial charge in [0.1, 0.15) is 23.4 Å². The fraction of sp³-hybridized carbons (Fsp3) is 0.333. The summed E-state index contributed by atoms with van der Waals surface area (Å²) < 4.78 is 7.37.